The quantitative estimate of drug-likeness (QED) is 0.717. The predicted molar refractivity (Wildman–Crippen MR) is 54.1 cm³/mol. The van der Waals surface area contributed by atoms with Crippen LogP contribution in [0.5, 0.6) is 5.75 Å². The van der Waals surface area contributed by atoms with Crippen molar-refractivity contribution in [2.75, 3.05) is 6.54 Å². The normalized spacial score (nSPS) is 13.3. The Labute approximate surface area is 99.4 Å². The number of hydrogen-bond donors (Lipinski definition) is 3. The lowest BCUT2D eigenvalue weighted by Crippen LogP contribution is -2.39. The van der Waals surface area contributed by atoms with Gasteiger partial charge in [-0.15, -0.1) is 0 Å². The van der Waals surface area contributed by atoms with Gasteiger partial charge in [-0.2, -0.15) is 13.2 Å². The topological polar surface area (TPSA) is 75.4 Å². The largest absolute Gasteiger partial charge is 0.508 e. The highest BCUT2D eigenvalue weighted by atomic mass is 19.4. The number of nitrogens with one attached hydrogen (secondary N) is 1. The molecule has 0 heterocycles. The third-order valence-electron chi connectivity index (χ3n) is 2.03. The average molecular weight is 266 g/mol. The summed E-state index contributed by atoms with van der Waals surface area (Å²) in [6.45, 7) is -1.46. The first kappa shape index (κ1) is 14.2. The van der Waals surface area contributed by atoms with Gasteiger partial charge >= 0.3 is 6.18 Å². The second-order valence-corrected chi connectivity index (χ2v) is 3.57. The van der Waals surface area contributed by atoms with E-state index in [-0.39, 0.29) is 5.56 Å². The van der Waals surface area contributed by atoms with Crippen LogP contribution in [0.3, 0.4) is 0 Å². The molecular weight excluding hydrogens is 256 g/mol. The maximum atomic E-state index is 13.0. The summed E-state index contributed by atoms with van der Waals surface area (Å²) < 4.78 is 49.0. The van der Waals surface area contributed by atoms with Crippen LogP contribution in [0.4, 0.5) is 17.6 Å². The highest BCUT2D eigenvalue weighted by molar-refractivity contribution is 5.81. The first-order valence-corrected chi connectivity index (χ1v) is 4.78. The molecule has 0 aliphatic carbocycles. The van der Waals surface area contributed by atoms with Gasteiger partial charge in [0.15, 0.2) is 0 Å². The maximum Gasteiger partial charge on any atom is 0.401 e. The van der Waals surface area contributed by atoms with Crippen LogP contribution in [0.1, 0.15) is 11.6 Å². The molecule has 1 rings (SSSR count). The Bertz CT molecular complexity index is 428. The fourth-order valence-corrected chi connectivity index (χ4v) is 1.36. The second-order valence-electron chi connectivity index (χ2n) is 3.57. The van der Waals surface area contributed by atoms with Gasteiger partial charge in [0, 0.05) is 6.07 Å². The maximum absolute atomic E-state index is 13.0. The first-order valence-electron chi connectivity index (χ1n) is 4.78. The van der Waals surface area contributed by atoms with Crippen LogP contribution < -0.4 is 11.1 Å². The number of aromatic hydroxyl groups is 1. The molecule has 4 N–H and O–H groups in total. The SMILES string of the molecule is NC(=O)C(NCC(F)(F)F)c1cc(O)cc(F)c1. The Balaban J connectivity index is 2.94. The van der Waals surface area contributed by atoms with Crippen LogP contribution >= 0.6 is 0 Å². The third-order valence-corrected chi connectivity index (χ3v) is 2.03. The molecule has 1 atom stereocenters. The minimum Gasteiger partial charge on any atom is -0.508 e. The Morgan fingerprint density at radius 2 is 2.00 bits per heavy atom. The molecule has 0 fully saturated rings. The third kappa shape index (κ3) is 4.21. The van der Waals surface area contributed by atoms with Crippen molar-refractivity contribution < 1.29 is 27.5 Å². The lowest BCUT2D eigenvalue weighted by atomic mass is 10.1. The molecule has 0 bridgehead atoms. The number of phenolic OH excluding ortho intramolecular Hbond substituents is 1. The smallest absolute Gasteiger partial charge is 0.401 e. The lowest BCUT2D eigenvalue weighted by molar-refractivity contribution is -0.130. The number of halogens is 4. The summed E-state index contributed by atoms with van der Waals surface area (Å²) in [5, 5.41) is 11.0. The molecule has 0 aliphatic rings. The van der Waals surface area contributed by atoms with Crippen LogP contribution in [0.15, 0.2) is 18.2 Å². The molecule has 0 radical (unpaired) electrons. The number of amides is 1. The molecular formula is C10H10F4N2O2. The summed E-state index contributed by atoms with van der Waals surface area (Å²) in [7, 11) is 0. The van der Waals surface area contributed by atoms with E-state index >= 15 is 0 Å². The monoisotopic (exact) mass is 266 g/mol. The number of nitrogens with two attached hydrogens (primary N) is 1. The number of carbonyl (C=O) groups excluding carboxylic acids is 1. The Hall–Kier alpha value is -1.83. The minimum absolute atomic E-state index is 0.177. The van der Waals surface area contributed by atoms with Crippen LogP contribution in [0.25, 0.3) is 0 Å². The van der Waals surface area contributed by atoms with Gasteiger partial charge in [0.2, 0.25) is 5.91 Å². The Morgan fingerprint density at radius 3 is 2.44 bits per heavy atom. The molecule has 8 heteroatoms. The number of carbonyl (C=O) groups is 1. The van der Waals surface area contributed by atoms with Crippen LogP contribution in [0, 0.1) is 5.82 Å². The van der Waals surface area contributed by atoms with Crippen molar-refractivity contribution in [1.82, 2.24) is 5.32 Å². The molecule has 100 valence electrons. The lowest BCUT2D eigenvalue weighted by Gasteiger charge is -2.17. The van der Waals surface area contributed by atoms with E-state index in [1.54, 1.807) is 0 Å². The molecule has 18 heavy (non-hydrogen) atoms. The highest BCUT2D eigenvalue weighted by Crippen LogP contribution is 2.22. The van der Waals surface area contributed by atoms with Crippen molar-refractivity contribution in [2.45, 2.75) is 12.2 Å². The van der Waals surface area contributed by atoms with Gasteiger partial charge in [0.1, 0.15) is 17.6 Å². The number of alkyl halides is 3. The summed E-state index contributed by atoms with van der Waals surface area (Å²) in [5.74, 6) is -2.50. The van der Waals surface area contributed by atoms with Gasteiger partial charge in [-0.3, -0.25) is 10.1 Å². The second kappa shape index (κ2) is 5.21. The molecule has 1 aromatic rings. The van der Waals surface area contributed by atoms with E-state index in [0.717, 1.165) is 18.2 Å². The molecule has 1 amide bonds. The average Bonchev–Trinajstić information content (AvgIpc) is 2.13. The van der Waals surface area contributed by atoms with Crippen molar-refractivity contribution in [3.63, 3.8) is 0 Å². The summed E-state index contributed by atoms with van der Waals surface area (Å²) >= 11 is 0. The Kier molecular flexibility index (Phi) is 4.12. The zero-order valence-electron chi connectivity index (χ0n) is 8.96. The van der Waals surface area contributed by atoms with Crippen molar-refractivity contribution in [2.24, 2.45) is 5.73 Å². The predicted octanol–water partition coefficient (Wildman–Crippen LogP) is 1.21. The Morgan fingerprint density at radius 1 is 1.39 bits per heavy atom. The van der Waals surface area contributed by atoms with Gasteiger partial charge in [-0.1, -0.05) is 0 Å². The van der Waals surface area contributed by atoms with E-state index in [1.807, 2.05) is 5.32 Å². The number of rotatable bonds is 4. The van der Waals surface area contributed by atoms with Gasteiger partial charge in [-0.05, 0) is 17.7 Å². The van der Waals surface area contributed by atoms with Crippen LogP contribution in [-0.4, -0.2) is 23.7 Å². The van der Waals surface area contributed by atoms with Crippen LogP contribution in [-0.2, 0) is 4.79 Å². The summed E-state index contributed by atoms with van der Waals surface area (Å²) in [4.78, 5) is 11.0. The number of primary amides is 1. The van der Waals surface area contributed by atoms with E-state index in [1.165, 1.54) is 0 Å². The summed E-state index contributed by atoms with van der Waals surface area (Å²) in [5.41, 5.74) is 4.75. The van der Waals surface area contributed by atoms with E-state index in [9.17, 15) is 22.4 Å². The van der Waals surface area contributed by atoms with Crippen molar-refractivity contribution in [3.8, 4) is 5.75 Å². The fraction of sp³-hybridized carbons (Fsp3) is 0.300. The van der Waals surface area contributed by atoms with E-state index in [0.29, 0.717) is 0 Å². The van der Waals surface area contributed by atoms with E-state index in [2.05, 4.69) is 0 Å². The zero-order chi connectivity index (χ0) is 13.9. The van der Waals surface area contributed by atoms with Gasteiger partial charge in [-0.25, -0.2) is 4.39 Å². The molecule has 0 aliphatic heterocycles. The molecule has 1 aromatic carbocycles. The first-order chi connectivity index (χ1) is 8.19. The molecule has 4 nitrogen and oxygen atoms in total. The van der Waals surface area contributed by atoms with E-state index in [4.69, 9.17) is 10.8 Å². The van der Waals surface area contributed by atoms with Crippen molar-refractivity contribution in [1.29, 1.82) is 0 Å². The summed E-state index contributed by atoms with van der Waals surface area (Å²) in [6, 6.07) is 0.999. The van der Waals surface area contributed by atoms with Crippen molar-refractivity contribution in [3.05, 3.63) is 29.6 Å². The zero-order valence-corrected chi connectivity index (χ0v) is 8.96. The molecule has 0 spiro atoms. The van der Waals surface area contributed by atoms with Gasteiger partial charge < -0.3 is 10.8 Å². The number of benzene rings is 1. The van der Waals surface area contributed by atoms with Crippen LogP contribution in [0.2, 0.25) is 0 Å². The van der Waals surface area contributed by atoms with E-state index < -0.39 is 36.2 Å². The summed E-state index contributed by atoms with van der Waals surface area (Å²) in [6.07, 6.45) is -4.54. The molecule has 0 aromatic heterocycles. The highest BCUT2D eigenvalue weighted by Gasteiger charge is 2.30. The molecule has 0 saturated heterocycles. The molecule has 0 saturated carbocycles. The minimum atomic E-state index is -4.54. The van der Waals surface area contributed by atoms with Gasteiger partial charge in [0.25, 0.3) is 0 Å². The van der Waals surface area contributed by atoms with Crippen molar-refractivity contribution >= 4 is 5.91 Å². The number of phenols is 1. The van der Waals surface area contributed by atoms with Gasteiger partial charge in [0.05, 0.1) is 6.54 Å². The number of hydrogen-bond acceptors (Lipinski definition) is 3. The molecule has 1 unspecified atom stereocenters. The standard InChI is InChI=1S/C10H10F4N2O2/c11-6-1-5(2-7(17)3-6)8(9(15)18)16-4-10(12,13)14/h1-3,8,16-17H,4H2,(H2,15,18). The fourth-order valence-electron chi connectivity index (χ4n) is 1.36.